The number of hydrogen-bond acceptors (Lipinski definition) is 4. The van der Waals surface area contributed by atoms with Crippen molar-refractivity contribution in [1.82, 2.24) is 0 Å². The Morgan fingerprint density at radius 3 is 2.81 bits per heavy atom. The SMILES string of the molecule is O=C(c1cccc(F)c1)C1COc2ccc(O)cc2C1O. The number of ketones is 1. The molecule has 1 aliphatic rings. The molecule has 0 radical (unpaired) electrons. The lowest BCUT2D eigenvalue weighted by atomic mass is 9.87. The first kappa shape index (κ1) is 13.6. The summed E-state index contributed by atoms with van der Waals surface area (Å²) in [6, 6.07) is 9.67. The minimum atomic E-state index is -1.10. The summed E-state index contributed by atoms with van der Waals surface area (Å²) in [4.78, 5) is 12.4. The molecule has 1 heterocycles. The number of aliphatic hydroxyl groups excluding tert-OH is 1. The molecule has 5 heteroatoms. The zero-order chi connectivity index (χ0) is 15.0. The number of hydrogen-bond donors (Lipinski definition) is 2. The number of phenolic OH excluding ortho intramolecular Hbond substituents is 1. The summed E-state index contributed by atoms with van der Waals surface area (Å²) in [5.41, 5.74) is 0.544. The van der Waals surface area contributed by atoms with Crippen LogP contribution in [0, 0.1) is 11.7 Å². The molecular formula is C16H13FO4. The van der Waals surface area contributed by atoms with Gasteiger partial charge in [-0.25, -0.2) is 4.39 Å². The Bertz CT molecular complexity index is 698. The summed E-state index contributed by atoms with van der Waals surface area (Å²) in [6.45, 7) is 0.00822. The lowest BCUT2D eigenvalue weighted by Gasteiger charge is -2.29. The molecule has 2 aromatic carbocycles. The topological polar surface area (TPSA) is 66.8 Å². The van der Waals surface area contributed by atoms with Crippen LogP contribution < -0.4 is 4.74 Å². The van der Waals surface area contributed by atoms with Crippen LogP contribution >= 0.6 is 0 Å². The number of Topliss-reactive ketones (excluding diaryl/α,β-unsaturated/α-hetero) is 1. The van der Waals surface area contributed by atoms with Crippen molar-refractivity contribution in [2.75, 3.05) is 6.61 Å². The van der Waals surface area contributed by atoms with E-state index in [9.17, 15) is 19.4 Å². The second kappa shape index (κ2) is 5.18. The van der Waals surface area contributed by atoms with E-state index in [1.807, 2.05) is 0 Å². The number of carbonyl (C=O) groups is 1. The quantitative estimate of drug-likeness (QED) is 0.833. The molecular weight excluding hydrogens is 275 g/mol. The molecule has 0 saturated heterocycles. The third kappa shape index (κ3) is 2.48. The third-order valence-corrected chi connectivity index (χ3v) is 3.56. The lowest BCUT2D eigenvalue weighted by Crippen LogP contribution is -2.32. The largest absolute Gasteiger partial charge is 0.508 e. The van der Waals surface area contributed by atoms with Gasteiger partial charge in [-0.15, -0.1) is 0 Å². The molecule has 0 bridgehead atoms. The van der Waals surface area contributed by atoms with E-state index < -0.39 is 23.6 Å². The number of fused-ring (bicyclic) bond motifs is 1. The summed E-state index contributed by atoms with van der Waals surface area (Å²) in [7, 11) is 0. The fraction of sp³-hybridized carbons (Fsp3) is 0.188. The van der Waals surface area contributed by atoms with Crippen molar-refractivity contribution in [3.8, 4) is 11.5 Å². The minimum Gasteiger partial charge on any atom is -0.508 e. The highest BCUT2D eigenvalue weighted by Gasteiger charge is 2.35. The first-order valence-electron chi connectivity index (χ1n) is 6.50. The van der Waals surface area contributed by atoms with E-state index in [1.54, 1.807) is 0 Å². The van der Waals surface area contributed by atoms with Crippen molar-refractivity contribution in [1.29, 1.82) is 0 Å². The highest BCUT2D eigenvalue weighted by atomic mass is 19.1. The van der Waals surface area contributed by atoms with Gasteiger partial charge in [0.15, 0.2) is 5.78 Å². The Labute approximate surface area is 120 Å². The van der Waals surface area contributed by atoms with E-state index in [-0.39, 0.29) is 17.9 Å². The number of benzene rings is 2. The van der Waals surface area contributed by atoms with Crippen molar-refractivity contribution in [3.05, 3.63) is 59.4 Å². The van der Waals surface area contributed by atoms with Crippen LogP contribution in [0.15, 0.2) is 42.5 Å². The average Bonchev–Trinajstić information content (AvgIpc) is 2.47. The van der Waals surface area contributed by atoms with Crippen LogP contribution in [-0.2, 0) is 0 Å². The predicted octanol–water partition coefficient (Wildman–Crippen LogP) is 2.46. The lowest BCUT2D eigenvalue weighted by molar-refractivity contribution is 0.0416. The van der Waals surface area contributed by atoms with E-state index in [1.165, 1.54) is 36.4 Å². The molecule has 21 heavy (non-hydrogen) atoms. The third-order valence-electron chi connectivity index (χ3n) is 3.56. The molecule has 0 spiro atoms. The van der Waals surface area contributed by atoms with Crippen LogP contribution in [0.25, 0.3) is 0 Å². The Kier molecular flexibility index (Phi) is 3.35. The van der Waals surface area contributed by atoms with E-state index in [4.69, 9.17) is 4.74 Å². The molecule has 1 aliphatic heterocycles. The highest BCUT2D eigenvalue weighted by molar-refractivity contribution is 5.98. The molecule has 3 rings (SSSR count). The number of ether oxygens (including phenoxy) is 1. The van der Waals surface area contributed by atoms with Crippen LogP contribution in [0.5, 0.6) is 11.5 Å². The summed E-state index contributed by atoms with van der Waals surface area (Å²) in [5, 5.41) is 19.8. The van der Waals surface area contributed by atoms with Gasteiger partial charge in [-0.1, -0.05) is 12.1 Å². The van der Waals surface area contributed by atoms with Crippen LogP contribution in [0.4, 0.5) is 4.39 Å². The number of carbonyl (C=O) groups excluding carboxylic acids is 1. The molecule has 0 fully saturated rings. The van der Waals surface area contributed by atoms with Gasteiger partial charge in [0.25, 0.3) is 0 Å². The fourth-order valence-corrected chi connectivity index (χ4v) is 2.46. The van der Waals surface area contributed by atoms with E-state index in [0.717, 1.165) is 6.07 Å². The molecule has 2 aromatic rings. The van der Waals surface area contributed by atoms with Crippen molar-refractivity contribution in [3.63, 3.8) is 0 Å². The fourth-order valence-electron chi connectivity index (χ4n) is 2.46. The predicted molar refractivity (Wildman–Crippen MR) is 72.8 cm³/mol. The van der Waals surface area contributed by atoms with Gasteiger partial charge in [0.2, 0.25) is 0 Å². The van der Waals surface area contributed by atoms with Crippen molar-refractivity contribution in [2.24, 2.45) is 5.92 Å². The van der Waals surface area contributed by atoms with Crippen LogP contribution in [-0.4, -0.2) is 22.6 Å². The number of phenols is 1. The van der Waals surface area contributed by atoms with Crippen molar-refractivity contribution in [2.45, 2.75) is 6.10 Å². The van der Waals surface area contributed by atoms with Crippen LogP contribution in [0.1, 0.15) is 22.0 Å². The second-order valence-electron chi connectivity index (χ2n) is 4.96. The summed E-state index contributed by atoms with van der Waals surface area (Å²) < 4.78 is 18.7. The molecule has 4 nitrogen and oxygen atoms in total. The number of aromatic hydroxyl groups is 1. The smallest absolute Gasteiger partial charge is 0.172 e. The molecule has 2 unspecified atom stereocenters. The first-order valence-corrected chi connectivity index (χ1v) is 6.50. The van der Waals surface area contributed by atoms with Crippen LogP contribution in [0.3, 0.4) is 0 Å². The molecule has 0 saturated carbocycles. The summed E-state index contributed by atoms with van der Waals surface area (Å²) in [6.07, 6.45) is -1.10. The Morgan fingerprint density at radius 2 is 2.05 bits per heavy atom. The molecule has 0 aromatic heterocycles. The molecule has 0 aliphatic carbocycles. The van der Waals surface area contributed by atoms with E-state index >= 15 is 0 Å². The maximum absolute atomic E-state index is 13.2. The van der Waals surface area contributed by atoms with Gasteiger partial charge in [-0.2, -0.15) is 0 Å². The zero-order valence-electron chi connectivity index (χ0n) is 11.0. The van der Waals surface area contributed by atoms with Crippen LogP contribution in [0.2, 0.25) is 0 Å². The van der Waals surface area contributed by atoms with Gasteiger partial charge < -0.3 is 14.9 Å². The van der Waals surface area contributed by atoms with Crippen molar-refractivity contribution < 1.29 is 24.1 Å². The van der Waals surface area contributed by atoms with Gasteiger partial charge in [0.05, 0.1) is 12.0 Å². The molecule has 2 atom stereocenters. The maximum atomic E-state index is 13.2. The van der Waals surface area contributed by atoms with Gasteiger partial charge in [-0.3, -0.25) is 4.79 Å². The Morgan fingerprint density at radius 1 is 1.24 bits per heavy atom. The summed E-state index contributed by atoms with van der Waals surface area (Å²) >= 11 is 0. The number of rotatable bonds is 2. The monoisotopic (exact) mass is 288 g/mol. The van der Waals surface area contributed by atoms with E-state index in [2.05, 4.69) is 0 Å². The normalized spacial score (nSPS) is 20.5. The molecule has 0 amide bonds. The molecule has 2 N–H and O–H groups in total. The van der Waals surface area contributed by atoms with Gasteiger partial charge >= 0.3 is 0 Å². The number of halogens is 1. The first-order chi connectivity index (χ1) is 10.1. The minimum absolute atomic E-state index is 0.00822. The highest BCUT2D eigenvalue weighted by Crippen LogP contribution is 2.38. The zero-order valence-corrected chi connectivity index (χ0v) is 11.0. The van der Waals surface area contributed by atoms with Gasteiger partial charge in [-0.05, 0) is 30.3 Å². The van der Waals surface area contributed by atoms with E-state index in [0.29, 0.717) is 11.3 Å². The summed E-state index contributed by atoms with van der Waals surface area (Å²) in [5.74, 6) is -1.32. The Hall–Kier alpha value is -2.40. The standard InChI is InChI=1S/C16H13FO4/c17-10-3-1-2-9(6-10)15(19)13-8-21-14-5-4-11(18)7-12(14)16(13)20/h1-7,13,16,18,20H,8H2. The van der Waals surface area contributed by atoms with Gasteiger partial charge in [0, 0.05) is 11.1 Å². The Balaban J connectivity index is 1.92. The van der Waals surface area contributed by atoms with Crippen molar-refractivity contribution >= 4 is 5.78 Å². The number of aliphatic hydroxyl groups is 1. The van der Waals surface area contributed by atoms with Gasteiger partial charge in [0.1, 0.15) is 23.9 Å². The maximum Gasteiger partial charge on any atom is 0.172 e. The second-order valence-corrected chi connectivity index (χ2v) is 4.96. The average molecular weight is 288 g/mol. The molecule has 108 valence electrons.